The minimum absolute atomic E-state index is 0.0955. The number of rotatable bonds is 51. The Morgan fingerprint density at radius 3 is 1.35 bits per heavy atom. The van der Waals surface area contributed by atoms with E-state index >= 15 is 0 Å². The van der Waals surface area contributed by atoms with E-state index in [0.717, 1.165) is 135 Å². The van der Waals surface area contributed by atoms with Gasteiger partial charge in [0.15, 0.2) is 12.4 Å². The molecule has 0 aromatic carbocycles. The number of carbonyl (C=O) groups excluding carboxylic acids is 2. The molecule has 11 heteroatoms. The number of unbranched alkanes of at least 4 members (excludes halogenated alkanes) is 17. The smallest absolute Gasteiger partial charge is 0.306 e. The van der Waals surface area contributed by atoms with Gasteiger partial charge in [0.25, 0.3) is 0 Å². The fourth-order valence-corrected chi connectivity index (χ4v) is 8.89. The molecule has 0 aromatic heterocycles. The normalized spacial score (nSPS) is 19.7. The van der Waals surface area contributed by atoms with E-state index in [-0.39, 0.29) is 19.4 Å². The van der Waals surface area contributed by atoms with Gasteiger partial charge in [0.05, 0.1) is 25.4 Å². The molecule has 1 aliphatic rings. The SMILES string of the molecule is CC/C=C\C/C=C\C/C=C\C/C=C\C/C=C\CCCCCCCCCC(=O)OC1C(OCC(NC(=O)C(O)CC/C=C\C/C=C\C/C=C\C/C=C\C/C=C\CC)C(O)/C=C/CCCCCCCCCCCC)OC(CO)C(O)C1O. The molecule has 0 radical (unpaired) electrons. The van der Waals surface area contributed by atoms with Crippen LogP contribution in [-0.4, -0.2) is 99.6 Å². The highest BCUT2D eigenvalue weighted by Gasteiger charge is 2.47. The largest absolute Gasteiger partial charge is 0.454 e. The molecule has 6 N–H and O–H groups in total. The Kier molecular flexibility index (Phi) is 51.1. The third-order valence-electron chi connectivity index (χ3n) is 13.8. The molecular formula is C69H113NO10. The van der Waals surface area contributed by atoms with Gasteiger partial charge in [0, 0.05) is 6.42 Å². The number of esters is 1. The Morgan fingerprint density at radius 1 is 0.500 bits per heavy atom. The summed E-state index contributed by atoms with van der Waals surface area (Å²) in [4.78, 5) is 26.5. The van der Waals surface area contributed by atoms with Crippen LogP contribution in [0, 0.1) is 0 Å². The number of allylic oxidation sites excluding steroid dienone is 21. The van der Waals surface area contributed by atoms with Crippen LogP contribution in [0.4, 0.5) is 0 Å². The van der Waals surface area contributed by atoms with E-state index in [1.807, 2.05) is 18.2 Å². The van der Waals surface area contributed by atoms with Crippen molar-refractivity contribution in [3.63, 3.8) is 0 Å². The third kappa shape index (κ3) is 42.6. The number of hydrogen-bond acceptors (Lipinski definition) is 10. The highest BCUT2D eigenvalue weighted by atomic mass is 16.7. The highest BCUT2D eigenvalue weighted by molar-refractivity contribution is 5.80. The molecule has 0 bridgehead atoms. The molecular weight excluding hydrogens is 1000 g/mol. The van der Waals surface area contributed by atoms with Gasteiger partial charge < -0.3 is 45.1 Å². The quantitative estimate of drug-likeness (QED) is 0.0195. The molecule has 0 aliphatic carbocycles. The van der Waals surface area contributed by atoms with Crippen molar-refractivity contribution in [2.45, 2.75) is 275 Å². The third-order valence-corrected chi connectivity index (χ3v) is 13.8. The van der Waals surface area contributed by atoms with Crippen LogP contribution in [0.3, 0.4) is 0 Å². The Bertz CT molecular complexity index is 1810. The van der Waals surface area contributed by atoms with Crippen molar-refractivity contribution in [1.29, 1.82) is 0 Å². The van der Waals surface area contributed by atoms with Crippen molar-refractivity contribution >= 4 is 11.9 Å². The molecule has 8 unspecified atom stereocenters. The minimum Gasteiger partial charge on any atom is -0.454 e. The Balaban J connectivity index is 2.70. The number of aliphatic hydroxyl groups is 5. The van der Waals surface area contributed by atoms with Crippen molar-refractivity contribution in [3.8, 4) is 0 Å². The van der Waals surface area contributed by atoms with Gasteiger partial charge in [-0.15, -0.1) is 0 Å². The average Bonchev–Trinajstić information content (AvgIpc) is 3.48. The summed E-state index contributed by atoms with van der Waals surface area (Å²) in [5.74, 6) is -1.28. The lowest BCUT2D eigenvalue weighted by atomic mass is 9.99. The van der Waals surface area contributed by atoms with E-state index in [1.165, 1.54) is 44.9 Å². The van der Waals surface area contributed by atoms with Crippen LogP contribution in [0.2, 0.25) is 0 Å². The first-order valence-electron chi connectivity index (χ1n) is 31.5. The van der Waals surface area contributed by atoms with Crippen LogP contribution in [0.25, 0.3) is 0 Å². The fraction of sp³-hybridized carbons (Fsp3) is 0.652. The highest BCUT2D eigenvalue weighted by Crippen LogP contribution is 2.26. The van der Waals surface area contributed by atoms with E-state index < -0.39 is 67.4 Å². The van der Waals surface area contributed by atoms with Gasteiger partial charge in [-0.3, -0.25) is 9.59 Å². The summed E-state index contributed by atoms with van der Waals surface area (Å²) in [7, 11) is 0. The summed E-state index contributed by atoms with van der Waals surface area (Å²) < 4.78 is 17.6. The molecule has 1 fully saturated rings. The van der Waals surface area contributed by atoms with Gasteiger partial charge in [-0.05, 0) is 109 Å². The van der Waals surface area contributed by atoms with E-state index in [4.69, 9.17) is 14.2 Å². The average molecular weight is 1120 g/mol. The predicted octanol–water partition coefficient (Wildman–Crippen LogP) is 15.2. The van der Waals surface area contributed by atoms with E-state index in [0.29, 0.717) is 12.8 Å². The Labute approximate surface area is 486 Å². The van der Waals surface area contributed by atoms with Crippen molar-refractivity contribution < 1.29 is 49.3 Å². The van der Waals surface area contributed by atoms with E-state index in [2.05, 4.69) is 135 Å². The molecule has 0 aromatic rings. The van der Waals surface area contributed by atoms with Crippen molar-refractivity contribution in [2.24, 2.45) is 0 Å². The lowest BCUT2D eigenvalue weighted by molar-refractivity contribution is -0.305. The van der Waals surface area contributed by atoms with Crippen molar-refractivity contribution in [3.05, 3.63) is 134 Å². The van der Waals surface area contributed by atoms with Crippen LogP contribution in [0.1, 0.15) is 226 Å². The first-order chi connectivity index (χ1) is 39.2. The van der Waals surface area contributed by atoms with E-state index in [9.17, 15) is 35.1 Å². The van der Waals surface area contributed by atoms with E-state index in [1.54, 1.807) is 6.08 Å². The van der Waals surface area contributed by atoms with Gasteiger partial charge in [-0.2, -0.15) is 0 Å². The molecule has 1 aliphatic heterocycles. The summed E-state index contributed by atoms with van der Waals surface area (Å²) in [5.41, 5.74) is 0. The second-order valence-electron chi connectivity index (χ2n) is 21.0. The summed E-state index contributed by atoms with van der Waals surface area (Å²) >= 11 is 0. The van der Waals surface area contributed by atoms with Crippen LogP contribution >= 0.6 is 0 Å². The summed E-state index contributed by atoms with van der Waals surface area (Å²) in [6.07, 6.45) is 67.8. The van der Waals surface area contributed by atoms with Crippen LogP contribution in [0.5, 0.6) is 0 Å². The molecule has 80 heavy (non-hydrogen) atoms. The molecule has 0 saturated carbocycles. The molecule has 1 heterocycles. The molecule has 8 atom stereocenters. The second kappa shape index (κ2) is 55.3. The Morgan fingerprint density at radius 2 is 0.900 bits per heavy atom. The predicted molar refractivity (Wildman–Crippen MR) is 333 cm³/mol. The van der Waals surface area contributed by atoms with Crippen molar-refractivity contribution in [1.82, 2.24) is 5.32 Å². The van der Waals surface area contributed by atoms with Gasteiger partial charge in [0.2, 0.25) is 5.91 Å². The zero-order valence-electron chi connectivity index (χ0n) is 50.1. The topological polar surface area (TPSA) is 175 Å². The number of nitrogens with one attached hydrogen (secondary N) is 1. The summed E-state index contributed by atoms with van der Waals surface area (Å²) in [5, 5.41) is 56.9. The van der Waals surface area contributed by atoms with Crippen molar-refractivity contribution in [2.75, 3.05) is 13.2 Å². The number of carbonyl (C=O) groups is 2. The molecule has 454 valence electrons. The molecule has 11 nitrogen and oxygen atoms in total. The first-order valence-corrected chi connectivity index (χ1v) is 31.5. The number of hydrogen-bond donors (Lipinski definition) is 6. The monoisotopic (exact) mass is 1120 g/mol. The molecule has 1 saturated heterocycles. The van der Waals surface area contributed by atoms with Gasteiger partial charge in [-0.25, -0.2) is 0 Å². The van der Waals surface area contributed by atoms with Crippen LogP contribution in [0.15, 0.2) is 134 Å². The fourth-order valence-electron chi connectivity index (χ4n) is 8.89. The summed E-state index contributed by atoms with van der Waals surface area (Å²) in [6, 6.07) is -1.07. The zero-order valence-corrected chi connectivity index (χ0v) is 50.1. The van der Waals surface area contributed by atoms with Gasteiger partial charge >= 0.3 is 5.97 Å². The van der Waals surface area contributed by atoms with Gasteiger partial charge in [-0.1, -0.05) is 244 Å². The Hall–Kier alpha value is -4.20. The minimum atomic E-state index is -1.64. The zero-order chi connectivity index (χ0) is 58.2. The van der Waals surface area contributed by atoms with Gasteiger partial charge in [0.1, 0.15) is 24.4 Å². The second-order valence-corrected chi connectivity index (χ2v) is 21.0. The number of aliphatic hydroxyl groups excluding tert-OH is 5. The molecule has 1 amide bonds. The summed E-state index contributed by atoms with van der Waals surface area (Å²) in [6.45, 7) is 5.50. The standard InChI is InChI=1S/C69H113NO10/c1-4-7-10-13-16-19-22-25-27-29-30-31-32-33-34-35-37-39-42-45-48-51-54-57-64(74)80-67-66(76)65(75)63(58-71)79-69(67)78-59-60(61(72)55-52-49-46-43-40-24-21-18-15-12-9-6-3)70-68(77)62(73)56-53-50-47-44-41-38-36-28-26-23-20-17-14-11-8-5-2/h7-8,10-11,16-17,19-20,25-28,30-31,33-34,38,41,47,50,52,55,60-63,65-67,69,71-73,75-76H,4-6,9,12-15,18,21-24,29,32,35-37,39-40,42-46,48-49,51,53-54,56-59H2,1-3H3,(H,70,77)/b10-7-,11-8-,19-16-,20-17-,27-25-,28-26-,31-30-,34-33-,41-38-,50-47-,55-52+. The van der Waals surface area contributed by atoms with Crippen LogP contribution < -0.4 is 5.32 Å². The lowest BCUT2D eigenvalue weighted by Crippen LogP contribution is -2.61. The maximum absolute atomic E-state index is 13.4. The number of amides is 1. The van der Waals surface area contributed by atoms with Crippen LogP contribution in [-0.2, 0) is 23.8 Å². The lowest BCUT2D eigenvalue weighted by Gasteiger charge is -2.41. The number of ether oxygens (including phenoxy) is 3. The maximum atomic E-state index is 13.4. The molecule has 1 rings (SSSR count). The molecule has 0 spiro atoms. The first kappa shape index (κ1) is 73.8. The maximum Gasteiger partial charge on any atom is 0.306 e.